The van der Waals surface area contributed by atoms with Crippen molar-refractivity contribution in [2.75, 3.05) is 26.5 Å². The van der Waals surface area contributed by atoms with E-state index in [1.54, 1.807) is 21.0 Å². The highest BCUT2D eigenvalue weighted by Gasteiger charge is 2.26. The minimum Gasteiger partial charge on any atom is -0.496 e. The van der Waals surface area contributed by atoms with E-state index in [1.807, 2.05) is 39.0 Å². The van der Waals surface area contributed by atoms with Crippen molar-refractivity contribution in [2.45, 2.75) is 34.6 Å². The number of hydrogen-bond acceptors (Lipinski definition) is 4. The molecule has 0 aromatic rings. The van der Waals surface area contributed by atoms with Crippen LogP contribution in [0.25, 0.3) is 0 Å². The number of rotatable bonds is 9. The lowest BCUT2D eigenvalue weighted by molar-refractivity contribution is 0.221. The topological polar surface area (TPSA) is 44.8 Å². The highest BCUT2D eigenvalue weighted by atomic mass is 31.2. The SMILES string of the molecule is C/C=C\C(OC)=C(/C=C(C)C)CP(=O)(OCC)OCC. The Kier molecular flexibility index (Phi) is 9.56. The van der Waals surface area contributed by atoms with Gasteiger partial charge in [-0.3, -0.25) is 4.57 Å². The summed E-state index contributed by atoms with van der Waals surface area (Å²) in [5, 5.41) is 0. The van der Waals surface area contributed by atoms with Crippen LogP contribution in [0.15, 0.2) is 35.1 Å². The second-order valence-corrected chi connectivity index (χ2v) is 6.47. The van der Waals surface area contributed by atoms with E-state index in [0.29, 0.717) is 19.0 Å². The molecule has 0 spiro atoms. The Morgan fingerprint density at radius 3 is 2.05 bits per heavy atom. The van der Waals surface area contributed by atoms with Crippen LogP contribution in [0.4, 0.5) is 0 Å². The first-order valence-electron chi connectivity index (χ1n) is 6.85. The Morgan fingerprint density at radius 1 is 1.15 bits per heavy atom. The molecule has 0 bridgehead atoms. The molecule has 0 unspecified atom stereocenters. The van der Waals surface area contributed by atoms with Crippen LogP contribution in [-0.2, 0) is 18.3 Å². The molecule has 0 aliphatic heterocycles. The van der Waals surface area contributed by atoms with Crippen molar-refractivity contribution in [1.82, 2.24) is 0 Å². The van der Waals surface area contributed by atoms with Crippen LogP contribution < -0.4 is 0 Å². The summed E-state index contributed by atoms with van der Waals surface area (Å²) in [6.45, 7) is 10.2. The fourth-order valence-corrected chi connectivity index (χ4v) is 3.44. The van der Waals surface area contributed by atoms with E-state index >= 15 is 0 Å². The first kappa shape index (κ1) is 19.2. The molecule has 0 aromatic carbocycles. The van der Waals surface area contributed by atoms with Crippen LogP contribution in [0.3, 0.4) is 0 Å². The molecule has 0 fully saturated rings. The summed E-state index contributed by atoms with van der Waals surface area (Å²) >= 11 is 0. The Bertz CT molecular complexity index is 408. The largest absolute Gasteiger partial charge is 0.496 e. The molecular formula is C15H27O4P. The number of methoxy groups -OCH3 is 1. The predicted molar refractivity (Wildman–Crippen MR) is 84.0 cm³/mol. The van der Waals surface area contributed by atoms with Crippen LogP contribution in [-0.4, -0.2) is 26.5 Å². The molecule has 0 heterocycles. The molecule has 20 heavy (non-hydrogen) atoms. The lowest BCUT2D eigenvalue weighted by Crippen LogP contribution is -2.04. The average Bonchev–Trinajstić information content (AvgIpc) is 2.35. The van der Waals surface area contributed by atoms with Crippen LogP contribution >= 0.6 is 7.60 Å². The van der Waals surface area contributed by atoms with E-state index in [2.05, 4.69) is 0 Å². The van der Waals surface area contributed by atoms with Gasteiger partial charge >= 0.3 is 7.60 Å². The van der Waals surface area contributed by atoms with Crippen LogP contribution in [0.1, 0.15) is 34.6 Å². The Balaban J connectivity index is 5.55. The fourth-order valence-electron chi connectivity index (χ4n) is 1.73. The summed E-state index contributed by atoms with van der Waals surface area (Å²) in [4.78, 5) is 0. The second-order valence-electron chi connectivity index (χ2n) is 4.42. The van der Waals surface area contributed by atoms with Crippen molar-refractivity contribution < 1.29 is 18.3 Å². The molecule has 5 heteroatoms. The van der Waals surface area contributed by atoms with Gasteiger partial charge in [-0.15, -0.1) is 0 Å². The van der Waals surface area contributed by atoms with Crippen LogP contribution in [0, 0.1) is 0 Å². The molecule has 0 aliphatic carbocycles. The third-order valence-electron chi connectivity index (χ3n) is 2.33. The van der Waals surface area contributed by atoms with Gasteiger partial charge in [-0.05, 0) is 40.7 Å². The molecule has 0 saturated heterocycles. The zero-order chi connectivity index (χ0) is 15.6. The summed E-state index contributed by atoms with van der Waals surface area (Å²) < 4.78 is 28.7. The van der Waals surface area contributed by atoms with Crippen molar-refractivity contribution in [3.8, 4) is 0 Å². The van der Waals surface area contributed by atoms with Gasteiger partial charge in [0.15, 0.2) is 0 Å². The molecule has 0 aromatic heterocycles. The van der Waals surface area contributed by atoms with Crippen molar-refractivity contribution in [2.24, 2.45) is 0 Å². The van der Waals surface area contributed by atoms with Crippen LogP contribution in [0.5, 0.6) is 0 Å². The third-order valence-corrected chi connectivity index (χ3v) is 4.36. The van der Waals surface area contributed by atoms with Crippen LogP contribution in [0.2, 0.25) is 0 Å². The summed E-state index contributed by atoms with van der Waals surface area (Å²) in [6, 6.07) is 0. The molecule has 0 saturated carbocycles. The molecule has 0 aliphatic rings. The van der Waals surface area contributed by atoms with Gasteiger partial charge < -0.3 is 13.8 Å². The zero-order valence-corrected chi connectivity index (χ0v) is 14.3. The average molecular weight is 302 g/mol. The van der Waals surface area contributed by atoms with Gasteiger partial charge in [0, 0.05) is 5.57 Å². The molecule has 116 valence electrons. The highest BCUT2D eigenvalue weighted by Crippen LogP contribution is 2.50. The molecule has 4 nitrogen and oxygen atoms in total. The highest BCUT2D eigenvalue weighted by molar-refractivity contribution is 7.54. The molecule has 0 rings (SSSR count). The van der Waals surface area contributed by atoms with Crippen molar-refractivity contribution in [3.05, 3.63) is 35.1 Å². The minimum absolute atomic E-state index is 0.202. The van der Waals surface area contributed by atoms with Gasteiger partial charge in [-0.2, -0.15) is 0 Å². The van der Waals surface area contributed by atoms with Crippen molar-refractivity contribution in [3.63, 3.8) is 0 Å². The number of ether oxygens (including phenoxy) is 1. The molecule has 0 atom stereocenters. The fraction of sp³-hybridized carbons (Fsp3) is 0.600. The Labute approximate surface area is 123 Å². The first-order valence-corrected chi connectivity index (χ1v) is 8.58. The lowest BCUT2D eigenvalue weighted by atomic mass is 10.1. The second kappa shape index (κ2) is 9.98. The van der Waals surface area contributed by atoms with Gasteiger partial charge in [0.2, 0.25) is 0 Å². The molecule has 0 N–H and O–H groups in total. The molecule has 0 amide bonds. The monoisotopic (exact) mass is 302 g/mol. The molecular weight excluding hydrogens is 275 g/mol. The summed E-state index contributed by atoms with van der Waals surface area (Å²) in [6.07, 6.45) is 5.87. The maximum absolute atomic E-state index is 12.6. The quantitative estimate of drug-likeness (QED) is 0.352. The van der Waals surface area contributed by atoms with E-state index < -0.39 is 7.60 Å². The summed E-state index contributed by atoms with van der Waals surface area (Å²) in [5.41, 5.74) is 1.91. The maximum Gasteiger partial charge on any atom is 0.335 e. The minimum atomic E-state index is -3.14. The Morgan fingerprint density at radius 2 is 1.70 bits per heavy atom. The summed E-state index contributed by atoms with van der Waals surface area (Å²) in [5.74, 6) is 0.674. The van der Waals surface area contributed by atoms with Gasteiger partial charge in [-0.25, -0.2) is 0 Å². The van der Waals surface area contributed by atoms with Crippen molar-refractivity contribution >= 4 is 7.60 Å². The smallest absolute Gasteiger partial charge is 0.335 e. The van der Waals surface area contributed by atoms with E-state index in [1.165, 1.54) is 0 Å². The number of hydrogen-bond donors (Lipinski definition) is 0. The standard InChI is InChI=1S/C15H27O4P/c1-7-10-15(17-6)14(11-13(4)5)12-20(16,18-8-2)19-9-3/h7,10-11H,8-9,12H2,1-6H3/b10-7-,15-14-. The summed E-state index contributed by atoms with van der Waals surface area (Å²) in [7, 11) is -1.54. The number of allylic oxidation sites excluding steroid dienone is 5. The third kappa shape index (κ3) is 7.09. The van der Waals surface area contributed by atoms with Gasteiger partial charge in [0.05, 0.1) is 26.5 Å². The van der Waals surface area contributed by atoms with Gasteiger partial charge in [0.25, 0.3) is 0 Å². The zero-order valence-electron chi connectivity index (χ0n) is 13.4. The van der Waals surface area contributed by atoms with Crippen molar-refractivity contribution in [1.29, 1.82) is 0 Å². The maximum atomic E-state index is 12.6. The van der Waals surface area contributed by atoms with E-state index in [4.69, 9.17) is 13.8 Å². The molecule has 0 radical (unpaired) electrons. The Hall–Kier alpha value is -0.830. The lowest BCUT2D eigenvalue weighted by Gasteiger charge is -2.19. The van der Waals surface area contributed by atoms with Gasteiger partial charge in [-0.1, -0.05) is 17.7 Å². The van der Waals surface area contributed by atoms with E-state index in [9.17, 15) is 4.57 Å². The van der Waals surface area contributed by atoms with Gasteiger partial charge in [0.1, 0.15) is 5.76 Å². The predicted octanol–water partition coefficient (Wildman–Crippen LogP) is 4.70. The van der Waals surface area contributed by atoms with E-state index in [-0.39, 0.29) is 6.16 Å². The normalized spacial score (nSPS) is 13.3. The first-order chi connectivity index (χ1) is 9.42. The van der Waals surface area contributed by atoms with E-state index in [0.717, 1.165) is 11.1 Å².